The molecule has 0 spiro atoms. The summed E-state index contributed by atoms with van der Waals surface area (Å²) < 4.78 is 5.77. The first-order chi connectivity index (χ1) is 11.7. The molecule has 6 heteroatoms. The lowest BCUT2D eigenvalue weighted by atomic mass is 9.85. The Kier molecular flexibility index (Phi) is 4.59. The van der Waals surface area contributed by atoms with Crippen LogP contribution in [0.5, 0.6) is 0 Å². The predicted molar refractivity (Wildman–Crippen MR) is 91.0 cm³/mol. The lowest BCUT2D eigenvalue weighted by Crippen LogP contribution is -2.44. The van der Waals surface area contributed by atoms with E-state index in [0.717, 1.165) is 44.1 Å². The van der Waals surface area contributed by atoms with Crippen molar-refractivity contribution in [1.82, 2.24) is 20.0 Å². The molecule has 2 aliphatic heterocycles. The van der Waals surface area contributed by atoms with Crippen LogP contribution >= 0.6 is 0 Å². The third kappa shape index (κ3) is 3.09. The molecule has 2 atom stereocenters. The number of rotatable bonds is 2. The zero-order valence-corrected chi connectivity index (χ0v) is 14.5. The summed E-state index contributed by atoms with van der Waals surface area (Å²) in [5, 5.41) is 7.35. The summed E-state index contributed by atoms with van der Waals surface area (Å²) in [7, 11) is 2.14. The van der Waals surface area contributed by atoms with Gasteiger partial charge in [0, 0.05) is 31.5 Å². The largest absolute Gasteiger partial charge is 0.379 e. The molecule has 1 N–H and O–H groups in total. The molecule has 2 bridgehead atoms. The van der Waals surface area contributed by atoms with Gasteiger partial charge in [-0.3, -0.25) is 14.8 Å². The number of amides is 1. The van der Waals surface area contributed by atoms with Crippen LogP contribution < -0.4 is 0 Å². The molecule has 1 saturated carbocycles. The van der Waals surface area contributed by atoms with E-state index in [2.05, 4.69) is 22.1 Å². The molecule has 4 rings (SSSR count). The number of aromatic amines is 1. The van der Waals surface area contributed by atoms with Gasteiger partial charge in [-0.2, -0.15) is 5.10 Å². The molecule has 1 aliphatic carbocycles. The first-order valence-electron chi connectivity index (χ1n) is 9.33. The third-order valence-corrected chi connectivity index (χ3v) is 5.94. The topological polar surface area (TPSA) is 61.5 Å². The van der Waals surface area contributed by atoms with Crippen LogP contribution in [0, 0.1) is 5.92 Å². The highest BCUT2D eigenvalue weighted by Gasteiger charge is 2.35. The van der Waals surface area contributed by atoms with Gasteiger partial charge in [-0.05, 0) is 19.9 Å². The van der Waals surface area contributed by atoms with Crippen LogP contribution in [0.2, 0.25) is 0 Å². The summed E-state index contributed by atoms with van der Waals surface area (Å²) in [4.78, 5) is 17.6. The van der Waals surface area contributed by atoms with Gasteiger partial charge in [0.1, 0.15) is 0 Å². The summed E-state index contributed by atoms with van der Waals surface area (Å²) in [6.45, 7) is 4.02. The summed E-state index contributed by atoms with van der Waals surface area (Å²) in [5.41, 5.74) is 1.86. The number of hydrogen-bond acceptors (Lipinski definition) is 4. The minimum absolute atomic E-state index is 0.150. The van der Waals surface area contributed by atoms with Crippen molar-refractivity contribution in [2.75, 3.05) is 39.9 Å². The number of nitrogens with zero attached hydrogens (tertiary/aromatic N) is 3. The summed E-state index contributed by atoms with van der Waals surface area (Å²) >= 11 is 0. The van der Waals surface area contributed by atoms with Crippen molar-refractivity contribution in [1.29, 1.82) is 0 Å². The maximum atomic E-state index is 13.2. The lowest BCUT2D eigenvalue weighted by Gasteiger charge is -2.30. The van der Waals surface area contributed by atoms with Crippen molar-refractivity contribution in [3.05, 3.63) is 17.5 Å². The van der Waals surface area contributed by atoms with Crippen LogP contribution in [0.15, 0.2) is 6.20 Å². The number of H-pyrrole nitrogens is 1. The molecular weight excluding hydrogens is 304 g/mol. The lowest BCUT2D eigenvalue weighted by molar-refractivity contribution is 0.0432. The van der Waals surface area contributed by atoms with Gasteiger partial charge in [0.15, 0.2) is 0 Å². The van der Waals surface area contributed by atoms with Crippen molar-refractivity contribution < 1.29 is 9.53 Å². The standard InChI is InChI=1S/C18H28N4O2/c1-21-8-13-9-22(10-15(21)12-24-11-13)18(23)16-7-19-20-17(16)14-5-3-2-4-6-14/h7,13-15H,2-6,8-12H2,1H3,(H,19,20)/t13-,15+/m1/s1. The zero-order valence-electron chi connectivity index (χ0n) is 14.5. The van der Waals surface area contributed by atoms with Gasteiger partial charge in [-0.1, -0.05) is 19.3 Å². The van der Waals surface area contributed by atoms with E-state index in [1.165, 1.54) is 32.1 Å². The maximum Gasteiger partial charge on any atom is 0.257 e. The van der Waals surface area contributed by atoms with Gasteiger partial charge >= 0.3 is 0 Å². The maximum absolute atomic E-state index is 13.2. The smallest absolute Gasteiger partial charge is 0.257 e. The second-order valence-corrected chi connectivity index (χ2v) is 7.74. The molecule has 2 saturated heterocycles. The van der Waals surface area contributed by atoms with E-state index in [9.17, 15) is 4.79 Å². The molecule has 1 aromatic rings. The average molecular weight is 332 g/mol. The van der Waals surface area contributed by atoms with Crippen LogP contribution in [0.25, 0.3) is 0 Å². The van der Waals surface area contributed by atoms with E-state index in [1.807, 2.05) is 4.90 Å². The van der Waals surface area contributed by atoms with Gasteiger partial charge in [0.05, 0.1) is 36.7 Å². The molecule has 3 aliphatic rings. The van der Waals surface area contributed by atoms with Crippen LogP contribution in [0.1, 0.15) is 54.1 Å². The minimum atomic E-state index is 0.150. The number of ether oxygens (including phenoxy) is 1. The van der Waals surface area contributed by atoms with Crippen LogP contribution in [-0.2, 0) is 4.74 Å². The number of hydrogen-bond donors (Lipinski definition) is 1. The Balaban J connectivity index is 1.54. The molecule has 3 fully saturated rings. The Labute approximate surface area is 143 Å². The fraction of sp³-hybridized carbons (Fsp3) is 0.778. The van der Waals surface area contributed by atoms with Crippen molar-refractivity contribution in [2.45, 2.75) is 44.1 Å². The van der Waals surface area contributed by atoms with Crippen molar-refractivity contribution >= 4 is 5.91 Å². The van der Waals surface area contributed by atoms with Crippen molar-refractivity contribution in [2.24, 2.45) is 5.92 Å². The number of likely N-dealkylation sites (N-methyl/N-ethyl adjacent to an activating group) is 1. The Bertz CT molecular complexity index is 581. The molecule has 6 nitrogen and oxygen atoms in total. The molecule has 3 heterocycles. The van der Waals surface area contributed by atoms with Gasteiger partial charge < -0.3 is 9.64 Å². The Hall–Kier alpha value is -1.40. The average Bonchev–Trinajstić information content (AvgIpc) is 2.93. The number of aromatic nitrogens is 2. The third-order valence-electron chi connectivity index (χ3n) is 5.94. The second-order valence-electron chi connectivity index (χ2n) is 7.74. The van der Waals surface area contributed by atoms with Crippen LogP contribution in [0.4, 0.5) is 0 Å². The minimum Gasteiger partial charge on any atom is -0.379 e. The van der Waals surface area contributed by atoms with E-state index in [1.54, 1.807) is 6.20 Å². The van der Waals surface area contributed by atoms with E-state index in [4.69, 9.17) is 4.74 Å². The normalized spacial score (nSPS) is 29.5. The fourth-order valence-electron chi connectivity index (χ4n) is 4.56. The summed E-state index contributed by atoms with van der Waals surface area (Å²) in [6.07, 6.45) is 7.91. The number of fused-ring (bicyclic) bond motifs is 3. The SMILES string of the molecule is CN1C[C@H]2COC[C@@H]1CN(C(=O)c1cn[nH]c1C1CCCCC1)C2. The number of carbonyl (C=O) groups excluding carboxylic acids is 1. The molecular formula is C18H28N4O2. The van der Waals surface area contributed by atoms with Gasteiger partial charge in [-0.25, -0.2) is 0 Å². The van der Waals surface area contributed by atoms with Gasteiger partial charge in [0.25, 0.3) is 5.91 Å². The molecule has 1 aromatic heterocycles. The highest BCUT2D eigenvalue weighted by atomic mass is 16.5. The molecule has 132 valence electrons. The highest BCUT2D eigenvalue weighted by Crippen LogP contribution is 2.33. The predicted octanol–water partition coefficient (Wildman–Crippen LogP) is 1.86. The molecule has 0 radical (unpaired) electrons. The van der Waals surface area contributed by atoms with E-state index < -0.39 is 0 Å². The Morgan fingerprint density at radius 1 is 1.21 bits per heavy atom. The van der Waals surface area contributed by atoms with Gasteiger partial charge in [0.2, 0.25) is 0 Å². The molecule has 1 amide bonds. The summed E-state index contributed by atoms with van der Waals surface area (Å²) in [5.74, 6) is 1.02. The highest BCUT2D eigenvalue weighted by molar-refractivity contribution is 5.95. The Morgan fingerprint density at radius 3 is 2.88 bits per heavy atom. The van der Waals surface area contributed by atoms with E-state index >= 15 is 0 Å². The Morgan fingerprint density at radius 2 is 2.04 bits per heavy atom. The van der Waals surface area contributed by atoms with Crippen molar-refractivity contribution in [3.63, 3.8) is 0 Å². The van der Waals surface area contributed by atoms with Crippen LogP contribution in [-0.4, -0.2) is 71.8 Å². The van der Waals surface area contributed by atoms with E-state index in [-0.39, 0.29) is 5.91 Å². The van der Waals surface area contributed by atoms with Crippen LogP contribution in [0.3, 0.4) is 0 Å². The molecule has 24 heavy (non-hydrogen) atoms. The zero-order chi connectivity index (χ0) is 16.5. The number of nitrogens with one attached hydrogen (secondary N) is 1. The molecule has 0 aromatic carbocycles. The summed E-state index contributed by atoms with van der Waals surface area (Å²) in [6, 6.07) is 0.298. The fourth-order valence-corrected chi connectivity index (χ4v) is 4.56. The van der Waals surface area contributed by atoms with Gasteiger partial charge in [-0.15, -0.1) is 0 Å². The quantitative estimate of drug-likeness (QED) is 0.898. The first-order valence-corrected chi connectivity index (χ1v) is 9.33. The second kappa shape index (κ2) is 6.84. The first kappa shape index (κ1) is 16.1. The van der Waals surface area contributed by atoms with E-state index in [0.29, 0.717) is 17.9 Å². The van der Waals surface area contributed by atoms with Crippen molar-refractivity contribution in [3.8, 4) is 0 Å². The monoisotopic (exact) mass is 332 g/mol. The molecule has 0 unspecified atom stereocenters. The number of carbonyl (C=O) groups is 1.